The van der Waals surface area contributed by atoms with Crippen molar-refractivity contribution in [1.82, 2.24) is 30.0 Å². The van der Waals surface area contributed by atoms with E-state index in [1.807, 2.05) is 18.7 Å². The molecule has 4 aliphatic rings. The highest BCUT2D eigenvalue weighted by molar-refractivity contribution is 8.00. The highest BCUT2D eigenvalue weighted by Gasteiger charge is 2.53. The van der Waals surface area contributed by atoms with E-state index in [4.69, 9.17) is 16.3 Å². The molecule has 4 atom stereocenters. The van der Waals surface area contributed by atoms with Crippen molar-refractivity contribution in [2.75, 3.05) is 69.8 Å². The number of nitrogens with one attached hydrogen (secondary N) is 3. The molecule has 4 unspecified atom stereocenters. The third-order valence-electron chi connectivity index (χ3n) is 11.2. The van der Waals surface area contributed by atoms with Crippen molar-refractivity contribution in [1.29, 1.82) is 0 Å². The van der Waals surface area contributed by atoms with Crippen LogP contribution in [0.25, 0.3) is 0 Å². The first-order valence-electron chi connectivity index (χ1n) is 18.9. The Balaban J connectivity index is 0.976. The van der Waals surface area contributed by atoms with E-state index in [1.54, 1.807) is 49.0 Å². The number of methoxy groups -OCH3 is 1. The summed E-state index contributed by atoms with van der Waals surface area (Å²) in [6.45, 7) is 8.18. The predicted molar refractivity (Wildman–Crippen MR) is 208 cm³/mol. The summed E-state index contributed by atoms with van der Waals surface area (Å²) in [4.78, 5) is 66.3. The van der Waals surface area contributed by atoms with Crippen LogP contribution in [0.5, 0.6) is 5.75 Å². The number of anilines is 3. The minimum absolute atomic E-state index is 0.0431. The number of hydrogen-bond donors (Lipinski definition) is 3. The van der Waals surface area contributed by atoms with Crippen molar-refractivity contribution in [2.45, 2.75) is 81.3 Å². The summed E-state index contributed by atoms with van der Waals surface area (Å²) in [6.07, 6.45) is 7.24. The first-order valence-corrected chi connectivity index (χ1v) is 20.3. The zero-order chi connectivity index (χ0) is 38.6. The smallest absolute Gasteiger partial charge is 0.258 e. The van der Waals surface area contributed by atoms with Gasteiger partial charge in [0.2, 0.25) is 11.9 Å². The fourth-order valence-electron chi connectivity index (χ4n) is 7.75. The van der Waals surface area contributed by atoms with Gasteiger partial charge in [0.05, 0.1) is 25.0 Å². The summed E-state index contributed by atoms with van der Waals surface area (Å²) >= 11 is 7.76. The number of carbonyl (C=O) groups is 4. The lowest BCUT2D eigenvalue weighted by molar-refractivity contribution is -0.140. The van der Waals surface area contributed by atoms with Crippen LogP contribution in [0.1, 0.15) is 69.2 Å². The van der Waals surface area contributed by atoms with Crippen LogP contribution >= 0.6 is 23.4 Å². The molecule has 3 heterocycles. The summed E-state index contributed by atoms with van der Waals surface area (Å²) in [5.74, 6) is 2.08. The van der Waals surface area contributed by atoms with Crippen LogP contribution in [0.2, 0.25) is 5.02 Å². The Bertz CT molecular complexity index is 1710. The van der Waals surface area contributed by atoms with E-state index in [0.717, 1.165) is 57.4 Å². The molecule has 1 aromatic carbocycles. The molecule has 0 spiro atoms. The molecule has 0 bridgehead atoms. The third-order valence-corrected chi connectivity index (χ3v) is 13.1. The van der Waals surface area contributed by atoms with Gasteiger partial charge < -0.3 is 35.3 Å². The number of alkyl halides is 1. The van der Waals surface area contributed by atoms with Crippen LogP contribution in [0, 0.1) is 11.8 Å². The number of aromatic nitrogens is 2. The molecular formula is C38H52ClFN8O5S. The minimum Gasteiger partial charge on any atom is -0.495 e. The summed E-state index contributed by atoms with van der Waals surface area (Å²) in [5.41, 5.74) is -0.727. The average molecular weight is 787 g/mol. The number of benzene rings is 1. The number of rotatable bonds is 15. The lowest BCUT2D eigenvalue weighted by Gasteiger charge is -2.37. The van der Waals surface area contributed by atoms with E-state index < -0.39 is 28.4 Å². The molecular weight excluding hydrogens is 735 g/mol. The highest BCUT2D eigenvalue weighted by atomic mass is 35.5. The van der Waals surface area contributed by atoms with Crippen LogP contribution in [0.4, 0.5) is 21.8 Å². The molecule has 1 aromatic heterocycles. The molecule has 2 saturated carbocycles. The number of ether oxygens (including phenoxy) is 1. The van der Waals surface area contributed by atoms with Gasteiger partial charge in [-0.15, -0.1) is 0 Å². The molecule has 16 heteroatoms. The summed E-state index contributed by atoms with van der Waals surface area (Å²) in [6, 6.07) is 3.86. The second-order valence-corrected chi connectivity index (χ2v) is 17.6. The van der Waals surface area contributed by atoms with Gasteiger partial charge in [0.25, 0.3) is 11.8 Å². The molecule has 54 heavy (non-hydrogen) atoms. The predicted octanol–water partition coefficient (Wildman–Crippen LogP) is 4.79. The molecule has 13 nitrogen and oxygen atoms in total. The van der Waals surface area contributed by atoms with Crippen molar-refractivity contribution >= 4 is 64.8 Å². The fourth-order valence-corrected chi connectivity index (χ4v) is 9.23. The molecule has 6 rings (SSSR count). The Morgan fingerprint density at radius 1 is 1.13 bits per heavy atom. The van der Waals surface area contributed by atoms with Crippen LogP contribution in [0.3, 0.4) is 0 Å². The number of nitrogens with zero attached hydrogens (tertiary/aromatic N) is 5. The van der Waals surface area contributed by atoms with E-state index in [-0.39, 0.29) is 24.7 Å². The van der Waals surface area contributed by atoms with E-state index >= 15 is 0 Å². The van der Waals surface area contributed by atoms with Gasteiger partial charge in [-0.05, 0) is 94.6 Å². The van der Waals surface area contributed by atoms with Gasteiger partial charge in [-0.3, -0.25) is 19.3 Å². The molecule has 3 N–H and O–H groups in total. The summed E-state index contributed by atoms with van der Waals surface area (Å²) < 4.78 is 19.6. The number of amides is 3. The molecule has 3 amide bonds. The van der Waals surface area contributed by atoms with Gasteiger partial charge in [0.15, 0.2) is 5.67 Å². The molecule has 2 aromatic rings. The van der Waals surface area contributed by atoms with Crippen LogP contribution in [0.15, 0.2) is 24.4 Å². The SMILES string of the molecule is CNc1nc(Nc2ccc(C(=O)N3CCN(CC4CCC(CSC(C)(C)C(NC(=O)C5(F)CC5)C(=O)N5CCCC5C=O)C4)CC3)cc2OC)ncc1Cl. The van der Waals surface area contributed by atoms with Gasteiger partial charge in [-0.2, -0.15) is 16.7 Å². The van der Waals surface area contributed by atoms with Gasteiger partial charge in [0, 0.05) is 56.6 Å². The Morgan fingerprint density at radius 3 is 2.56 bits per heavy atom. The Kier molecular flexibility index (Phi) is 12.6. The molecule has 4 fully saturated rings. The molecule has 2 aliphatic heterocycles. The van der Waals surface area contributed by atoms with Gasteiger partial charge >= 0.3 is 0 Å². The van der Waals surface area contributed by atoms with E-state index in [9.17, 15) is 23.6 Å². The minimum atomic E-state index is -1.89. The quantitative estimate of drug-likeness (QED) is 0.214. The first kappa shape index (κ1) is 40.0. The zero-order valence-corrected chi connectivity index (χ0v) is 33.1. The topological polar surface area (TPSA) is 149 Å². The first-order chi connectivity index (χ1) is 25.8. The lowest BCUT2D eigenvalue weighted by atomic mass is 10.0. The maximum Gasteiger partial charge on any atom is 0.258 e. The number of piperazine rings is 1. The summed E-state index contributed by atoms with van der Waals surface area (Å²) in [5, 5.41) is 9.23. The fraction of sp³-hybridized carbons (Fsp3) is 0.632. The standard InChI is InChI=1S/C38H52ClFN8O5S/c1-37(2,31(44-35(52)38(40)11-12-38)34(51)48-13-5-6-27(48)22-49)54-23-25-8-7-24(18-25)21-46-14-16-47(17-15-46)33(50)26-9-10-29(30(19-26)53-4)43-36-42-20-28(39)32(41-3)45-36/h9-10,19-20,22,24-25,27,31H,5-8,11-18,21,23H2,1-4H3,(H,44,52)(H2,41,42,43,45). The summed E-state index contributed by atoms with van der Waals surface area (Å²) in [7, 11) is 3.28. The number of thioether (sulfide) groups is 1. The van der Waals surface area contributed by atoms with Gasteiger partial charge in [-0.1, -0.05) is 11.6 Å². The van der Waals surface area contributed by atoms with Crippen molar-refractivity contribution in [3.63, 3.8) is 0 Å². The van der Waals surface area contributed by atoms with E-state index in [2.05, 4.69) is 30.8 Å². The number of carbonyl (C=O) groups excluding carboxylic acids is 4. The maximum absolute atomic E-state index is 14.7. The Morgan fingerprint density at radius 2 is 1.87 bits per heavy atom. The lowest BCUT2D eigenvalue weighted by Crippen LogP contribution is -2.59. The van der Waals surface area contributed by atoms with Gasteiger partial charge in [-0.25, -0.2) is 9.37 Å². The highest BCUT2D eigenvalue weighted by Crippen LogP contribution is 2.42. The number of aldehydes is 1. The molecule has 294 valence electrons. The van der Waals surface area contributed by atoms with Crippen LogP contribution < -0.4 is 20.7 Å². The monoisotopic (exact) mass is 786 g/mol. The number of likely N-dealkylation sites (tertiary alicyclic amines) is 1. The van der Waals surface area contributed by atoms with Crippen molar-refractivity contribution in [2.24, 2.45) is 11.8 Å². The second-order valence-electron chi connectivity index (χ2n) is 15.5. The van der Waals surface area contributed by atoms with Crippen LogP contribution in [-0.4, -0.2) is 130 Å². The molecule has 0 radical (unpaired) electrons. The second kappa shape index (κ2) is 17.0. The average Bonchev–Trinajstić information content (AvgIpc) is 3.52. The van der Waals surface area contributed by atoms with Crippen molar-refractivity contribution in [3.05, 3.63) is 35.0 Å². The molecule has 2 aliphatic carbocycles. The van der Waals surface area contributed by atoms with E-state index in [0.29, 0.717) is 71.7 Å². The largest absolute Gasteiger partial charge is 0.495 e. The van der Waals surface area contributed by atoms with Gasteiger partial charge in [0.1, 0.15) is 28.9 Å². The number of halogens is 2. The normalized spacial score (nSPS) is 23.1. The number of hydrogen-bond acceptors (Lipinski definition) is 11. The zero-order valence-electron chi connectivity index (χ0n) is 31.5. The maximum atomic E-state index is 14.7. The van der Waals surface area contributed by atoms with E-state index in [1.165, 1.54) is 6.20 Å². The Labute approximate surface area is 325 Å². The van der Waals surface area contributed by atoms with Crippen molar-refractivity contribution < 1.29 is 28.3 Å². The van der Waals surface area contributed by atoms with Crippen LogP contribution in [-0.2, 0) is 14.4 Å². The third kappa shape index (κ3) is 9.22. The van der Waals surface area contributed by atoms with Crippen molar-refractivity contribution in [3.8, 4) is 5.75 Å². The Hall–Kier alpha value is -3.69. The molecule has 2 saturated heterocycles.